The molecule has 2 fully saturated rings. The maximum absolute atomic E-state index is 11.9. The second-order valence-electron chi connectivity index (χ2n) is 4.75. The summed E-state index contributed by atoms with van der Waals surface area (Å²) >= 11 is 0. The van der Waals surface area contributed by atoms with Crippen LogP contribution >= 0.6 is 12.4 Å². The minimum Gasteiger partial charge on any atom is -0.439 e. The van der Waals surface area contributed by atoms with E-state index in [1.807, 2.05) is 30.3 Å². The highest BCUT2D eigenvalue weighted by molar-refractivity contribution is 5.90. The van der Waals surface area contributed by atoms with Crippen molar-refractivity contribution in [2.75, 3.05) is 24.5 Å². The van der Waals surface area contributed by atoms with Gasteiger partial charge in [-0.05, 0) is 31.5 Å². The van der Waals surface area contributed by atoms with E-state index in [2.05, 4.69) is 5.32 Å². The highest BCUT2D eigenvalue weighted by atomic mass is 35.5. The molecule has 2 heterocycles. The lowest BCUT2D eigenvalue weighted by molar-refractivity contribution is 0.0366. The number of ether oxygens (including phenoxy) is 1. The van der Waals surface area contributed by atoms with Crippen molar-refractivity contribution in [1.29, 1.82) is 0 Å². The van der Waals surface area contributed by atoms with Gasteiger partial charge >= 0.3 is 6.09 Å². The van der Waals surface area contributed by atoms with Crippen LogP contribution in [0.15, 0.2) is 30.3 Å². The van der Waals surface area contributed by atoms with Crippen LogP contribution in [0, 0.1) is 0 Å². The maximum Gasteiger partial charge on any atom is 0.415 e. The second-order valence-corrected chi connectivity index (χ2v) is 4.75. The lowest BCUT2D eigenvalue weighted by atomic mass is 9.94. The minimum atomic E-state index is -0.314. The summed E-state index contributed by atoms with van der Waals surface area (Å²) in [4.78, 5) is 13.7. The van der Waals surface area contributed by atoms with E-state index in [0.717, 1.165) is 31.6 Å². The molecule has 2 aliphatic heterocycles. The van der Waals surface area contributed by atoms with E-state index in [1.165, 1.54) is 0 Å². The SMILES string of the molecule is Cl.O=C1OC2(CCCNC2)CN1c1ccccc1. The van der Waals surface area contributed by atoms with Crippen LogP contribution in [0.5, 0.6) is 0 Å². The number of rotatable bonds is 1. The third-order valence-electron chi connectivity index (χ3n) is 3.47. The van der Waals surface area contributed by atoms with Crippen molar-refractivity contribution in [2.24, 2.45) is 0 Å². The van der Waals surface area contributed by atoms with Crippen molar-refractivity contribution >= 4 is 24.2 Å². The molecule has 2 aliphatic rings. The normalized spacial score (nSPS) is 26.9. The number of hydrogen-bond acceptors (Lipinski definition) is 3. The van der Waals surface area contributed by atoms with Gasteiger partial charge in [0.1, 0.15) is 5.60 Å². The van der Waals surface area contributed by atoms with Crippen molar-refractivity contribution in [3.63, 3.8) is 0 Å². The Kier molecular flexibility index (Phi) is 3.78. The van der Waals surface area contributed by atoms with Gasteiger partial charge in [0, 0.05) is 12.2 Å². The zero-order valence-corrected chi connectivity index (χ0v) is 10.9. The second kappa shape index (κ2) is 5.16. The summed E-state index contributed by atoms with van der Waals surface area (Å²) in [6, 6.07) is 9.70. The fourth-order valence-electron chi connectivity index (χ4n) is 2.59. The fraction of sp³-hybridized carbons (Fsp3) is 0.462. The zero-order chi connectivity index (χ0) is 11.7. The molecular formula is C13H17ClN2O2. The van der Waals surface area contributed by atoms with Crippen LogP contribution in [0.1, 0.15) is 12.8 Å². The van der Waals surface area contributed by atoms with Crippen LogP contribution in [0.2, 0.25) is 0 Å². The Morgan fingerprint density at radius 1 is 1.28 bits per heavy atom. The van der Waals surface area contributed by atoms with Gasteiger partial charge in [-0.3, -0.25) is 4.90 Å². The summed E-state index contributed by atoms with van der Waals surface area (Å²) in [6.45, 7) is 2.44. The average Bonchev–Trinajstić information content (AvgIpc) is 2.68. The number of benzene rings is 1. The van der Waals surface area contributed by atoms with Crippen LogP contribution < -0.4 is 10.2 Å². The highest BCUT2D eigenvalue weighted by Gasteiger charge is 2.46. The van der Waals surface area contributed by atoms with Gasteiger partial charge < -0.3 is 10.1 Å². The number of para-hydroxylation sites is 1. The zero-order valence-electron chi connectivity index (χ0n) is 10.1. The molecule has 0 saturated carbocycles. The molecule has 1 N–H and O–H groups in total. The van der Waals surface area contributed by atoms with E-state index in [4.69, 9.17) is 4.74 Å². The van der Waals surface area contributed by atoms with Gasteiger partial charge in [0.2, 0.25) is 0 Å². The Morgan fingerprint density at radius 3 is 2.72 bits per heavy atom. The third kappa shape index (κ3) is 2.31. The van der Waals surface area contributed by atoms with E-state index in [9.17, 15) is 4.79 Å². The Labute approximate surface area is 113 Å². The molecular weight excluding hydrogens is 252 g/mol. The molecule has 0 bridgehead atoms. The van der Waals surface area contributed by atoms with Crippen molar-refractivity contribution in [3.8, 4) is 0 Å². The number of piperidine rings is 1. The number of halogens is 1. The molecule has 98 valence electrons. The number of amides is 1. The highest BCUT2D eigenvalue weighted by Crippen LogP contribution is 2.32. The number of hydrogen-bond donors (Lipinski definition) is 1. The molecule has 1 aromatic rings. The molecule has 4 nitrogen and oxygen atoms in total. The minimum absolute atomic E-state index is 0. The molecule has 1 amide bonds. The topological polar surface area (TPSA) is 41.6 Å². The number of nitrogens with one attached hydrogen (secondary N) is 1. The van der Waals surface area contributed by atoms with E-state index in [0.29, 0.717) is 6.54 Å². The Balaban J connectivity index is 0.00000120. The van der Waals surface area contributed by atoms with Crippen LogP contribution in [0.3, 0.4) is 0 Å². The van der Waals surface area contributed by atoms with E-state index < -0.39 is 0 Å². The van der Waals surface area contributed by atoms with Crippen LogP contribution in [0.4, 0.5) is 10.5 Å². The van der Waals surface area contributed by atoms with Crippen molar-refractivity contribution in [2.45, 2.75) is 18.4 Å². The summed E-state index contributed by atoms with van der Waals surface area (Å²) in [5.41, 5.74) is 0.602. The number of carbonyl (C=O) groups is 1. The number of anilines is 1. The lowest BCUT2D eigenvalue weighted by Crippen LogP contribution is -2.48. The summed E-state index contributed by atoms with van der Waals surface area (Å²) in [5.74, 6) is 0. The third-order valence-corrected chi connectivity index (χ3v) is 3.47. The first-order chi connectivity index (χ1) is 8.29. The molecule has 18 heavy (non-hydrogen) atoms. The first-order valence-electron chi connectivity index (χ1n) is 6.05. The summed E-state index contributed by atoms with van der Waals surface area (Å²) in [7, 11) is 0. The largest absolute Gasteiger partial charge is 0.439 e. The van der Waals surface area contributed by atoms with Crippen molar-refractivity contribution in [1.82, 2.24) is 5.32 Å². The molecule has 3 rings (SSSR count). The van der Waals surface area contributed by atoms with Crippen molar-refractivity contribution < 1.29 is 9.53 Å². The monoisotopic (exact) mass is 268 g/mol. The van der Waals surface area contributed by atoms with Crippen molar-refractivity contribution in [3.05, 3.63) is 30.3 Å². The van der Waals surface area contributed by atoms with Gasteiger partial charge in [-0.1, -0.05) is 18.2 Å². The molecule has 1 aromatic carbocycles. The quantitative estimate of drug-likeness (QED) is 0.849. The maximum atomic E-state index is 11.9. The van der Waals surface area contributed by atoms with Gasteiger partial charge in [-0.2, -0.15) is 0 Å². The van der Waals surface area contributed by atoms with Gasteiger partial charge in [-0.15, -0.1) is 12.4 Å². The van der Waals surface area contributed by atoms with E-state index in [1.54, 1.807) is 4.90 Å². The first kappa shape index (κ1) is 13.2. The molecule has 2 saturated heterocycles. The molecule has 1 atom stereocenters. The summed E-state index contributed by atoms with van der Waals surface area (Å²) < 4.78 is 5.58. The summed E-state index contributed by atoms with van der Waals surface area (Å²) in [5, 5.41) is 3.31. The Bertz CT molecular complexity index is 418. The molecule has 1 spiro atoms. The predicted octanol–water partition coefficient (Wildman–Crippen LogP) is 2.19. The Morgan fingerprint density at radius 2 is 2.06 bits per heavy atom. The standard InChI is InChI=1S/C13H16N2O2.ClH/c16-12-15(11-5-2-1-3-6-11)10-13(17-12)7-4-8-14-9-13;/h1-3,5-6,14H,4,7-10H2;1H. The molecule has 0 radical (unpaired) electrons. The first-order valence-corrected chi connectivity index (χ1v) is 6.05. The number of nitrogens with zero attached hydrogens (tertiary/aromatic N) is 1. The smallest absolute Gasteiger partial charge is 0.415 e. The predicted molar refractivity (Wildman–Crippen MR) is 72.4 cm³/mol. The molecule has 5 heteroatoms. The van der Waals surface area contributed by atoms with Gasteiger partial charge in [0.05, 0.1) is 6.54 Å². The van der Waals surface area contributed by atoms with Gasteiger partial charge in [0.15, 0.2) is 0 Å². The van der Waals surface area contributed by atoms with Crippen LogP contribution in [0.25, 0.3) is 0 Å². The summed E-state index contributed by atoms with van der Waals surface area (Å²) in [6.07, 6.45) is 1.80. The number of carbonyl (C=O) groups excluding carboxylic acids is 1. The molecule has 1 unspecified atom stereocenters. The molecule has 0 aliphatic carbocycles. The average molecular weight is 269 g/mol. The lowest BCUT2D eigenvalue weighted by Gasteiger charge is -2.31. The van der Waals surface area contributed by atoms with E-state index >= 15 is 0 Å². The molecule has 0 aromatic heterocycles. The van der Waals surface area contributed by atoms with Crippen LogP contribution in [-0.2, 0) is 4.74 Å². The Hall–Kier alpha value is -1.26. The fourth-order valence-corrected chi connectivity index (χ4v) is 2.59. The van der Waals surface area contributed by atoms with Crippen LogP contribution in [-0.4, -0.2) is 31.3 Å². The van der Waals surface area contributed by atoms with Gasteiger partial charge in [0.25, 0.3) is 0 Å². The van der Waals surface area contributed by atoms with Gasteiger partial charge in [-0.25, -0.2) is 4.79 Å². The van der Waals surface area contributed by atoms with E-state index in [-0.39, 0.29) is 24.1 Å².